The topological polar surface area (TPSA) is 44.4 Å². The lowest BCUT2D eigenvalue weighted by Crippen LogP contribution is -2.36. The molecule has 0 atom stereocenters. The number of carbonyl (C=O) groups is 1. The predicted octanol–water partition coefficient (Wildman–Crippen LogP) is 0.454. The number of hydrogen-bond acceptors (Lipinski definition) is 3. The van der Waals surface area contributed by atoms with Gasteiger partial charge in [0, 0.05) is 19.6 Å². The molecule has 0 aliphatic rings. The standard InChI is InChI=1S/C13H21N3O/c1-16(2)9-8-14-11-13(17)15-10-12-6-4-3-5-7-12/h3-7,14H,8-11H2,1-2H3,(H,15,17). The summed E-state index contributed by atoms with van der Waals surface area (Å²) in [5.74, 6) is 0.0348. The van der Waals surface area contributed by atoms with Gasteiger partial charge < -0.3 is 15.5 Å². The van der Waals surface area contributed by atoms with E-state index in [4.69, 9.17) is 0 Å². The molecule has 94 valence electrons. The third-order valence-electron chi connectivity index (χ3n) is 2.35. The molecule has 2 N–H and O–H groups in total. The van der Waals surface area contributed by atoms with Gasteiger partial charge in [0.25, 0.3) is 0 Å². The van der Waals surface area contributed by atoms with Crippen LogP contribution in [-0.4, -0.2) is 44.5 Å². The first-order chi connectivity index (χ1) is 8.18. The van der Waals surface area contributed by atoms with Crippen LogP contribution >= 0.6 is 0 Å². The molecule has 0 heterocycles. The highest BCUT2D eigenvalue weighted by Gasteiger charge is 2.00. The highest BCUT2D eigenvalue weighted by Crippen LogP contribution is 1.96. The molecule has 0 radical (unpaired) electrons. The Morgan fingerprint density at radius 1 is 1.24 bits per heavy atom. The van der Waals surface area contributed by atoms with Crippen molar-refractivity contribution < 1.29 is 4.79 Å². The number of benzene rings is 1. The van der Waals surface area contributed by atoms with Gasteiger partial charge in [0.2, 0.25) is 5.91 Å². The molecule has 0 unspecified atom stereocenters. The van der Waals surface area contributed by atoms with Gasteiger partial charge in [-0.2, -0.15) is 0 Å². The van der Waals surface area contributed by atoms with Crippen LogP contribution in [0.1, 0.15) is 5.56 Å². The van der Waals surface area contributed by atoms with Crippen molar-refractivity contribution in [2.45, 2.75) is 6.54 Å². The van der Waals surface area contributed by atoms with Gasteiger partial charge in [-0.15, -0.1) is 0 Å². The van der Waals surface area contributed by atoms with Crippen molar-refractivity contribution in [2.24, 2.45) is 0 Å². The molecule has 0 bridgehead atoms. The first kappa shape index (κ1) is 13.7. The zero-order valence-electron chi connectivity index (χ0n) is 10.6. The fourth-order valence-electron chi connectivity index (χ4n) is 1.36. The minimum absolute atomic E-state index is 0.0348. The van der Waals surface area contributed by atoms with Crippen LogP contribution in [0.2, 0.25) is 0 Å². The molecule has 4 heteroatoms. The minimum atomic E-state index is 0.0348. The van der Waals surface area contributed by atoms with Crippen LogP contribution < -0.4 is 10.6 Å². The molecule has 0 saturated carbocycles. The monoisotopic (exact) mass is 235 g/mol. The van der Waals surface area contributed by atoms with Crippen LogP contribution in [0.5, 0.6) is 0 Å². The van der Waals surface area contributed by atoms with Gasteiger partial charge in [-0.3, -0.25) is 4.79 Å². The van der Waals surface area contributed by atoms with Crippen molar-refractivity contribution in [2.75, 3.05) is 33.7 Å². The number of nitrogens with zero attached hydrogens (tertiary/aromatic N) is 1. The van der Waals surface area contributed by atoms with Crippen molar-refractivity contribution >= 4 is 5.91 Å². The lowest BCUT2D eigenvalue weighted by molar-refractivity contribution is -0.120. The molecule has 0 aliphatic carbocycles. The molecule has 1 aromatic rings. The van der Waals surface area contributed by atoms with Crippen molar-refractivity contribution in [3.63, 3.8) is 0 Å². The Balaban J connectivity index is 2.09. The van der Waals surface area contributed by atoms with E-state index in [0.717, 1.165) is 18.7 Å². The maximum Gasteiger partial charge on any atom is 0.234 e. The van der Waals surface area contributed by atoms with Gasteiger partial charge in [0.05, 0.1) is 6.54 Å². The molecule has 0 aliphatic heterocycles. The molecule has 1 amide bonds. The van der Waals surface area contributed by atoms with E-state index in [1.54, 1.807) is 0 Å². The average molecular weight is 235 g/mol. The summed E-state index contributed by atoms with van der Waals surface area (Å²) in [6.45, 7) is 2.73. The second-order valence-corrected chi connectivity index (χ2v) is 4.24. The fraction of sp³-hybridized carbons (Fsp3) is 0.462. The lowest BCUT2D eigenvalue weighted by atomic mass is 10.2. The summed E-state index contributed by atoms with van der Waals surface area (Å²) in [6, 6.07) is 9.90. The Morgan fingerprint density at radius 2 is 1.94 bits per heavy atom. The Hall–Kier alpha value is -1.39. The van der Waals surface area contributed by atoms with Gasteiger partial charge in [0.1, 0.15) is 0 Å². The Bertz CT molecular complexity index is 325. The summed E-state index contributed by atoms with van der Waals surface area (Å²) in [4.78, 5) is 13.6. The van der Waals surface area contributed by atoms with Crippen LogP contribution in [0.3, 0.4) is 0 Å². The zero-order chi connectivity index (χ0) is 12.5. The first-order valence-electron chi connectivity index (χ1n) is 5.84. The smallest absolute Gasteiger partial charge is 0.234 e. The third kappa shape index (κ3) is 6.71. The molecule has 1 rings (SSSR count). The molecule has 1 aromatic carbocycles. The van der Waals surface area contributed by atoms with E-state index in [1.165, 1.54) is 0 Å². The molecule has 0 spiro atoms. The summed E-state index contributed by atoms with van der Waals surface area (Å²) in [5.41, 5.74) is 1.12. The Morgan fingerprint density at radius 3 is 2.59 bits per heavy atom. The highest BCUT2D eigenvalue weighted by atomic mass is 16.1. The summed E-state index contributed by atoms with van der Waals surface area (Å²) >= 11 is 0. The summed E-state index contributed by atoms with van der Waals surface area (Å²) in [5, 5.41) is 5.97. The Kier molecular flexibility index (Phi) is 6.29. The summed E-state index contributed by atoms with van der Waals surface area (Å²) in [6.07, 6.45) is 0. The maximum absolute atomic E-state index is 11.5. The minimum Gasteiger partial charge on any atom is -0.351 e. The quantitative estimate of drug-likeness (QED) is 0.675. The number of rotatable bonds is 7. The second kappa shape index (κ2) is 7.81. The molecule has 17 heavy (non-hydrogen) atoms. The number of nitrogens with one attached hydrogen (secondary N) is 2. The van der Waals surface area contributed by atoms with Crippen LogP contribution in [0.25, 0.3) is 0 Å². The van der Waals surface area contributed by atoms with E-state index in [-0.39, 0.29) is 5.91 Å². The largest absolute Gasteiger partial charge is 0.351 e. The van der Waals surface area contributed by atoms with Gasteiger partial charge in [0.15, 0.2) is 0 Å². The van der Waals surface area contributed by atoms with E-state index < -0.39 is 0 Å². The Labute approximate surface area is 103 Å². The van der Waals surface area contributed by atoms with Gasteiger partial charge in [-0.05, 0) is 19.7 Å². The molecule has 0 aromatic heterocycles. The second-order valence-electron chi connectivity index (χ2n) is 4.24. The van der Waals surface area contributed by atoms with Crippen molar-refractivity contribution in [3.05, 3.63) is 35.9 Å². The van der Waals surface area contributed by atoms with Gasteiger partial charge in [-0.1, -0.05) is 30.3 Å². The zero-order valence-corrected chi connectivity index (χ0v) is 10.6. The molecular formula is C13H21N3O. The van der Waals surface area contributed by atoms with Crippen LogP contribution in [0, 0.1) is 0 Å². The van der Waals surface area contributed by atoms with Crippen molar-refractivity contribution in [1.82, 2.24) is 15.5 Å². The number of hydrogen-bond donors (Lipinski definition) is 2. The third-order valence-corrected chi connectivity index (χ3v) is 2.35. The molecule has 0 fully saturated rings. The maximum atomic E-state index is 11.5. The van der Waals surface area contributed by atoms with Gasteiger partial charge in [-0.25, -0.2) is 0 Å². The predicted molar refractivity (Wildman–Crippen MR) is 69.7 cm³/mol. The number of likely N-dealkylation sites (N-methyl/N-ethyl adjacent to an activating group) is 1. The van der Waals surface area contributed by atoms with Crippen LogP contribution in [0.4, 0.5) is 0 Å². The molecule has 4 nitrogen and oxygen atoms in total. The molecular weight excluding hydrogens is 214 g/mol. The van der Waals surface area contributed by atoms with E-state index in [0.29, 0.717) is 13.1 Å². The molecule has 0 saturated heterocycles. The van der Waals surface area contributed by atoms with Crippen molar-refractivity contribution in [3.8, 4) is 0 Å². The van der Waals surface area contributed by atoms with E-state index in [2.05, 4.69) is 15.5 Å². The fourth-order valence-corrected chi connectivity index (χ4v) is 1.36. The van der Waals surface area contributed by atoms with E-state index >= 15 is 0 Å². The van der Waals surface area contributed by atoms with Crippen molar-refractivity contribution in [1.29, 1.82) is 0 Å². The van der Waals surface area contributed by atoms with Crippen LogP contribution in [0.15, 0.2) is 30.3 Å². The summed E-state index contributed by atoms with van der Waals surface area (Å²) < 4.78 is 0. The summed E-state index contributed by atoms with van der Waals surface area (Å²) in [7, 11) is 4.02. The SMILES string of the molecule is CN(C)CCNCC(=O)NCc1ccccc1. The highest BCUT2D eigenvalue weighted by molar-refractivity contribution is 5.77. The number of carbonyl (C=O) groups excluding carboxylic acids is 1. The van der Waals surface area contributed by atoms with Gasteiger partial charge >= 0.3 is 0 Å². The normalized spacial score (nSPS) is 10.5. The average Bonchev–Trinajstić information content (AvgIpc) is 2.33. The van der Waals surface area contributed by atoms with E-state index in [9.17, 15) is 4.79 Å². The lowest BCUT2D eigenvalue weighted by Gasteiger charge is -2.10. The number of amides is 1. The van der Waals surface area contributed by atoms with E-state index in [1.807, 2.05) is 44.4 Å². The van der Waals surface area contributed by atoms with Crippen LogP contribution in [-0.2, 0) is 11.3 Å². The first-order valence-corrected chi connectivity index (χ1v) is 5.84.